The summed E-state index contributed by atoms with van der Waals surface area (Å²) in [6.45, 7) is 4.62. The molecule has 3 heterocycles. The first-order valence-corrected chi connectivity index (χ1v) is 9.24. The lowest BCUT2D eigenvalue weighted by atomic mass is 10.1. The van der Waals surface area contributed by atoms with Gasteiger partial charge in [0, 0.05) is 60.8 Å². The Labute approximate surface area is 163 Å². The number of benzene rings is 1. The summed E-state index contributed by atoms with van der Waals surface area (Å²) in [5.74, 6) is -0.167. The summed E-state index contributed by atoms with van der Waals surface area (Å²) in [4.78, 5) is 30.7. The van der Waals surface area contributed by atoms with Gasteiger partial charge in [-0.1, -0.05) is 0 Å². The summed E-state index contributed by atoms with van der Waals surface area (Å²) in [5, 5.41) is 0.943. The van der Waals surface area contributed by atoms with Gasteiger partial charge in [0.1, 0.15) is 0 Å². The van der Waals surface area contributed by atoms with Gasteiger partial charge in [0.2, 0.25) is 5.91 Å². The lowest BCUT2D eigenvalue weighted by molar-refractivity contribution is 0.0941. The van der Waals surface area contributed by atoms with Crippen molar-refractivity contribution in [1.82, 2.24) is 9.55 Å². The molecule has 0 aliphatic carbocycles. The number of hydrogen-bond donors (Lipinski definition) is 0. The number of carbonyl (C=O) groups is 2. The Morgan fingerprint density at radius 3 is 2.57 bits per heavy atom. The van der Waals surface area contributed by atoms with Gasteiger partial charge in [-0.25, -0.2) is 0 Å². The fourth-order valence-electron chi connectivity index (χ4n) is 3.43. The average Bonchev–Trinajstić information content (AvgIpc) is 3.11. The molecule has 142 valence electrons. The maximum Gasteiger partial charge on any atom is 0.227 e. The Morgan fingerprint density at radius 1 is 1.11 bits per heavy atom. The van der Waals surface area contributed by atoms with E-state index in [-0.39, 0.29) is 11.7 Å². The van der Waals surface area contributed by atoms with Gasteiger partial charge in [0.25, 0.3) is 0 Å². The van der Waals surface area contributed by atoms with E-state index in [9.17, 15) is 9.59 Å². The van der Waals surface area contributed by atoms with Crippen LogP contribution in [0.5, 0.6) is 0 Å². The van der Waals surface area contributed by atoms with E-state index in [2.05, 4.69) is 16.0 Å². The van der Waals surface area contributed by atoms with E-state index >= 15 is 0 Å². The number of anilines is 1. The predicted octanol–water partition coefficient (Wildman–Crippen LogP) is 3.43. The molecule has 0 saturated carbocycles. The van der Waals surface area contributed by atoms with Gasteiger partial charge in [-0.2, -0.15) is 0 Å². The van der Waals surface area contributed by atoms with Crippen molar-refractivity contribution >= 4 is 34.4 Å². The Kier molecular flexibility index (Phi) is 5.04. The zero-order chi connectivity index (χ0) is 19.5. The highest BCUT2D eigenvalue weighted by atomic mass is 16.5. The first kappa shape index (κ1) is 18.1. The van der Waals surface area contributed by atoms with Crippen molar-refractivity contribution < 1.29 is 14.3 Å². The van der Waals surface area contributed by atoms with Gasteiger partial charge in [0.05, 0.1) is 18.7 Å². The molecule has 1 aliphatic heterocycles. The minimum atomic E-state index is -0.101. The van der Waals surface area contributed by atoms with E-state index in [0.717, 1.165) is 35.2 Å². The Bertz CT molecular complexity index is 1050. The molecule has 0 bridgehead atoms. The lowest BCUT2D eigenvalue weighted by Gasteiger charge is -2.29. The topological polar surface area (TPSA) is 64.4 Å². The molecule has 0 atom stereocenters. The van der Waals surface area contributed by atoms with Gasteiger partial charge in [0.15, 0.2) is 5.78 Å². The number of hydrogen-bond acceptors (Lipinski definition) is 5. The highest BCUT2D eigenvalue weighted by Gasteiger charge is 2.15. The van der Waals surface area contributed by atoms with E-state index in [4.69, 9.17) is 4.74 Å². The minimum absolute atomic E-state index is 0.0655. The SMILES string of the molecule is CC(=O)n1cc(/C=C/C(=O)c2ccncc2)c2cc(N3CCOCC3)ccc21. The molecule has 0 unspecified atom stereocenters. The fourth-order valence-corrected chi connectivity index (χ4v) is 3.43. The molecular weight excluding hydrogens is 354 g/mol. The number of carbonyl (C=O) groups excluding carboxylic acids is 2. The predicted molar refractivity (Wildman–Crippen MR) is 109 cm³/mol. The summed E-state index contributed by atoms with van der Waals surface area (Å²) in [6.07, 6.45) is 8.28. The van der Waals surface area contributed by atoms with E-state index in [0.29, 0.717) is 18.8 Å². The third kappa shape index (κ3) is 3.59. The third-order valence-electron chi connectivity index (χ3n) is 4.91. The maximum atomic E-state index is 12.4. The number of rotatable bonds is 4. The van der Waals surface area contributed by atoms with Crippen LogP contribution in [0.3, 0.4) is 0 Å². The second kappa shape index (κ2) is 7.78. The zero-order valence-corrected chi connectivity index (χ0v) is 15.7. The first-order chi connectivity index (χ1) is 13.6. The minimum Gasteiger partial charge on any atom is -0.378 e. The first-order valence-electron chi connectivity index (χ1n) is 9.24. The molecule has 0 N–H and O–H groups in total. The fraction of sp³-hybridized carbons (Fsp3) is 0.227. The highest BCUT2D eigenvalue weighted by Crippen LogP contribution is 2.28. The Hall–Kier alpha value is -3.25. The molecule has 1 saturated heterocycles. The highest BCUT2D eigenvalue weighted by molar-refractivity contribution is 6.08. The molecule has 28 heavy (non-hydrogen) atoms. The summed E-state index contributed by atoms with van der Waals surface area (Å²) < 4.78 is 7.05. The van der Waals surface area contributed by atoms with E-state index in [1.807, 2.05) is 12.1 Å². The molecule has 4 rings (SSSR count). The number of ketones is 1. The van der Waals surface area contributed by atoms with Crippen molar-refractivity contribution in [2.24, 2.45) is 0 Å². The molecule has 3 aromatic rings. The van der Waals surface area contributed by atoms with Crippen LogP contribution in [-0.2, 0) is 4.74 Å². The molecular formula is C22H21N3O3. The number of morpholine rings is 1. The van der Waals surface area contributed by atoms with Gasteiger partial charge in [-0.05, 0) is 42.5 Å². The molecule has 0 amide bonds. The molecule has 1 aliphatic rings. The number of allylic oxidation sites excluding steroid dienone is 1. The molecule has 0 spiro atoms. The Balaban J connectivity index is 1.72. The molecule has 2 aromatic heterocycles. The van der Waals surface area contributed by atoms with Crippen LogP contribution in [0.1, 0.15) is 27.6 Å². The van der Waals surface area contributed by atoms with E-state index < -0.39 is 0 Å². The van der Waals surface area contributed by atoms with Gasteiger partial charge in [-0.3, -0.25) is 19.1 Å². The van der Waals surface area contributed by atoms with Crippen LogP contribution in [0.25, 0.3) is 17.0 Å². The summed E-state index contributed by atoms with van der Waals surface area (Å²) in [6, 6.07) is 9.44. The number of fused-ring (bicyclic) bond motifs is 1. The molecule has 6 nitrogen and oxygen atoms in total. The molecule has 1 fully saturated rings. The van der Waals surface area contributed by atoms with Crippen molar-refractivity contribution in [3.8, 4) is 0 Å². The van der Waals surface area contributed by atoms with Crippen LogP contribution in [0, 0.1) is 0 Å². The number of nitrogens with zero attached hydrogens (tertiary/aromatic N) is 3. The number of pyridine rings is 1. The normalized spacial score (nSPS) is 14.7. The van der Waals surface area contributed by atoms with E-state index in [1.54, 1.807) is 41.4 Å². The Morgan fingerprint density at radius 2 is 1.86 bits per heavy atom. The van der Waals surface area contributed by atoms with Gasteiger partial charge in [-0.15, -0.1) is 0 Å². The maximum absolute atomic E-state index is 12.4. The zero-order valence-electron chi connectivity index (χ0n) is 15.7. The van der Waals surface area contributed by atoms with Crippen LogP contribution >= 0.6 is 0 Å². The largest absolute Gasteiger partial charge is 0.378 e. The smallest absolute Gasteiger partial charge is 0.227 e. The average molecular weight is 375 g/mol. The van der Waals surface area contributed by atoms with Crippen molar-refractivity contribution in [2.75, 3.05) is 31.2 Å². The summed E-state index contributed by atoms with van der Waals surface area (Å²) in [7, 11) is 0. The lowest BCUT2D eigenvalue weighted by Crippen LogP contribution is -2.36. The number of ether oxygens (including phenoxy) is 1. The second-order valence-electron chi connectivity index (χ2n) is 6.71. The van der Waals surface area contributed by atoms with Crippen LogP contribution in [0.15, 0.2) is 55.0 Å². The number of aromatic nitrogens is 2. The van der Waals surface area contributed by atoms with Crippen LogP contribution in [0.2, 0.25) is 0 Å². The standard InChI is InChI=1S/C22H21N3O3/c1-16(26)25-15-18(2-5-22(27)17-6-8-23-9-7-17)20-14-19(3-4-21(20)25)24-10-12-28-13-11-24/h2-9,14-15H,10-13H2,1H3/b5-2+. The van der Waals surface area contributed by atoms with E-state index in [1.165, 1.54) is 13.0 Å². The molecule has 0 radical (unpaired) electrons. The van der Waals surface area contributed by atoms with Crippen LogP contribution in [-0.4, -0.2) is 47.5 Å². The molecule has 6 heteroatoms. The van der Waals surface area contributed by atoms with Crippen LogP contribution < -0.4 is 4.90 Å². The quantitative estimate of drug-likeness (QED) is 0.516. The summed E-state index contributed by atoms with van der Waals surface area (Å²) in [5.41, 5.74) is 3.34. The van der Waals surface area contributed by atoms with Gasteiger partial charge < -0.3 is 9.64 Å². The van der Waals surface area contributed by atoms with Gasteiger partial charge >= 0.3 is 0 Å². The third-order valence-corrected chi connectivity index (χ3v) is 4.91. The van der Waals surface area contributed by atoms with Crippen molar-refractivity contribution in [1.29, 1.82) is 0 Å². The van der Waals surface area contributed by atoms with Crippen LogP contribution in [0.4, 0.5) is 5.69 Å². The van der Waals surface area contributed by atoms with Crippen molar-refractivity contribution in [2.45, 2.75) is 6.92 Å². The molecule has 1 aromatic carbocycles. The monoisotopic (exact) mass is 375 g/mol. The van der Waals surface area contributed by atoms with Crippen molar-refractivity contribution in [3.63, 3.8) is 0 Å². The second-order valence-corrected chi connectivity index (χ2v) is 6.71. The van der Waals surface area contributed by atoms with Crippen molar-refractivity contribution in [3.05, 3.63) is 66.1 Å². The summed E-state index contributed by atoms with van der Waals surface area (Å²) >= 11 is 0.